The Bertz CT molecular complexity index is 740. The molecule has 0 saturated carbocycles. The summed E-state index contributed by atoms with van der Waals surface area (Å²) < 4.78 is 0. The van der Waals surface area contributed by atoms with Gasteiger partial charge < -0.3 is 10.2 Å². The maximum Gasteiger partial charge on any atom is 0.272 e. The van der Waals surface area contributed by atoms with Crippen LogP contribution in [0.1, 0.15) is 70.9 Å². The minimum Gasteiger partial charge on any atom is -0.352 e. The van der Waals surface area contributed by atoms with E-state index >= 15 is 0 Å². The molecule has 0 atom stereocenters. The van der Waals surface area contributed by atoms with E-state index in [1.807, 2.05) is 37.0 Å². The fraction of sp³-hybridized carbons (Fsp3) is 0.609. The average Bonchev–Trinajstić information content (AvgIpc) is 2.65. The smallest absolute Gasteiger partial charge is 0.272 e. The Labute approximate surface area is 169 Å². The average molecular weight is 386 g/mol. The van der Waals surface area contributed by atoms with Gasteiger partial charge in [0.05, 0.1) is 0 Å². The summed E-state index contributed by atoms with van der Waals surface area (Å²) in [5.74, 6) is 0.309. The van der Waals surface area contributed by atoms with Crippen LogP contribution in [0, 0.1) is 11.3 Å². The number of amides is 2. The largest absolute Gasteiger partial charge is 0.352 e. The molecular formula is C23H35N3O2. The molecule has 1 aromatic heterocycles. The van der Waals surface area contributed by atoms with Crippen molar-refractivity contribution < 1.29 is 9.59 Å². The summed E-state index contributed by atoms with van der Waals surface area (Å²) in [5, 5.41) is 3.05. The summed E-state index contributed by atoms with van der Waals surface area (Å²) in [5.41, 5.74) is 2.41. The molecule has 2 amide bonds. The first-order valence-electron chi connectivity index (χ1n) is 10.1. The van der Waals surface area contributed by atoms with E-state index in [-0.39, 0.29) is 28.6 Å². The zero-order chi connectivity index (χ0) is 21.1. The van der Waals surface area contributed by atoms with Crippen LogP contribution in [0.3, 0.4) is 0 Å². The van der Waals surface area contributed by atoms with Gasteiger partial charge in [0, 0.05) is 31.2 Å². The Morgan fingerprint density at radius 1 is 1.18 bits per heavy atom. The first-order chi connectivity index (χ1) is 12.9. The lowest BCUT2D eigenvalue weighted by Gasteiger charge is -2.29. The Balaban J connectivity index is 1.92. The minimum atomic E-state index is -0.387. The molecule has 154 valence electrons. The molecule has 0 saturated heterocycles. The molecule has 5 heteroatoms. The second-order valence-electron chi connectivity index (χ2n) is 9.60. The maximum atomic E-state index is 12.7. The minimum absolute atomic E-state index is 0.0198. The lowest BCUT2D eigenvalue weighted by atomic mass is 9.80. The predicted octanol–water partition coefficient (Wildman–Crippen LogP) is 3.95. The number of nitrogens with zero attached hydrogens (tertiary/aromatic N) is 2. The van der Waals surface area contributed by atoms with Gasteiger partial charge in [-0.25, -0.2) is 0 Å². The molecule has 1 aromatic rings. The van der Waals surface area contributed by atoms with Gasteiger partial charge in [-0.15, -0.1) is 0 Å². The van der Waals surface area contributed by atoms with E-state index in [2.05, 4.69) is 44.9 Å². The third kappa shape index (κ3) is 5.21. The topological polar surface area (TPSA) is 62.3 Å². The van der Waals surface area contributed by atoms with Gasteiger partial charge in [0.25, 0.3) is 5.91 Å². The predicted molar refractivity (Wildman–Crippen MR) is 113 cm³/mol. The molecule has 0 bridgehead atoms. The monoisotopic (exact) mass is 385 g/mol. The number of carbonyl (C=O) groups excluding carboxylic acids is 2. The molecule has 0 unspecified atom stereocenters. The molecule has 2 heterocycles. The summed E-state index contributed by atoms with van der Waals surface area (Å²) in [6.07, 6.45) is 4.62. The van der Waals surface area contributed by atoms with Crippen molar-refractivity contribution in [2.45, 2.75) is 60.3 Å². The Morgan fingerprint density at radius 2 is 1.86 bits per heavy atom. The molecule has 1 aliphatic rings. The molecule has 2 rings (SSSR count). The Kier molecular flexibility index (Phi) is 6.68. The van der Waals surface area contributed by atoms with E-state index in [0.717, 1.165) is 12.0 Å². The van der Waals surface area contributed by atoms with Gasteiger partial charge in [-0.1, -0.05) is 66.2 Å². The number of aromatic nitrogens is 1. The molecule has 0 aromatic carbocycles. The van der Waals surface area contributed by atoms with Crippen molar-refractivity contribution in [3.63, 3.8) is 0 Å². The number of pyridine rings is 1. The number of hydrogen-bond donors (Lipinski definition) is 1. The van der Waals surface area contributed by atoms with E-state index in [0.29, 0.717) is 25.3 Å². The van der Waals surface area contributed by atoms with E-state index in [9.17, 15) is 9.59 Å². The quantitative estimate of drug-likeness (QED) is 0.781. The highest BCUT2D eigenvalue weighted by Gasteiger charge is 2.31. The third-order valence-corrected chi connectivity index (χ3v) is 5.94. The van der Waals surface area contributed by atoms with Gasteiger partial charge in [-0.05, 0) is 29.4 Å². The van der Waals surface area contributed by atoms with Crippen LogP contribution in [-0.2, 0) is 10.2 Å². The molecular weight excluding hydrogens is 350 g/mol. The van der Waals surface area contributed by atoms with Crippen LogP contribution in [0.25, 0.3) is 0 Å². The van der Waals surface area contributed by atoms with Crippen LogP contribution in [-0.4, -0.2) is 41.3 Å². The second-order valence-corrected chi connectivity index (χ2v) is 9.60. The van der Waals surface area contributed by atoms with Crippen LogP contribution in [0.15, 0.2) is 30.0 Å². The fourth-order valence-electron chi connectivity index (χ4n) is 2.87. The van der Waals surface area contributed by atoms with Crippen LogP contribution < -0.4 is 5.32 Å². The second kappa shape index (κ2) is 8.46. The lowest BCUT2D eigenvalue weighted by Crippen LogP contribution is -2.42. The zero-order valence-corrected chi connectivity index (χ0v) is 18.4. The lowest BCUT2D eigenvalue weighted by molar-refractivity contribution is -0.131. The van der Waals surface area contributed by atoms with Crippen molar-refractivity contribution >= 4 is 11.8 Å². The normalized spacial score (nSPS) is 15.4. The van der Waals surface area contributed by atoms with Crippen molar-refractivity contribution in [2.24, 2.45) is 11.3 Å². The summed E-state index contributed by atoms with van der Waals surface area (Å²) in [6.45, 7) is 16.2. The first kappa shape index (κ1) is 22.1. The molecule has 1 aliphatic heterocycles. The molecule has 0 aliphatic carbocycles. The van der Waals surface area contributed by atoms with Crippen LogP contribution in [0.4, 0.5) is 0 Å². The zero-order valence-electron chi connectivity index (χ0n) is 18.4. The first-order valence-corrected chi connectivity index (χ1v) is 10.1. The molecule has 0 spiro atoms. The number of carbonyl (C=O) groups is 2. The van der Waals surface area contributed by atoms with E-state index in [1.54, 1.807) is 6.20 Å². The van der Waals surface area contributed by atoms with Gasteiger partial charge in [0.15, 0.2) is 0 Å². The van der Waals surface area contributed by atoms with E-state index < -0.39 is 0 Å². The highest BCUT2D eigenvalue weighted by Crippen LogP contribution is 2.26. The summed E-state index contributed by atoms with van der Waals surface area (Å²) >= 11 is 0. The van der Waals surface area contributed by atoms with E-state index in [4.69, 9.17) is 0 Å². The third-order valence-electron chi connectivity index (χ3n) is 5.94. The van der Waals surface area contributed by atoms with Gasteiger partial charge in [0.2, 0.25) is 5.91 Å². The van der Waals surface area contributed by atoms with Crippen molar-refractivity contribution in [3.05, 3.63) is 41.2 Å². The summed E-state index contributed by atoms with van der Waals surface area (Å²) in [7, 11) is 0. The standard InChI is InChI=1S/C23H35N3O2/c1-16(2)23(6,7)21(28)25-14-17-10-12-26(13-11-17)20(27)19-9-8-18(15-24-19)22(3,4)5/h8-10,15-16H,11-14H2,1-7H3,(H,25,28). The highest BCUT2D eigenvalue weighted by atomic mass is 16.2. The van der Waals surface area contributed by atoms with E-state index in [1.165, 1.54) is 5.57 Å². The molecule has 28 heavy (non-hydrogen) atoms. The van der Waals surface area contributed by atoms with Crippen LogP contribution in [0.2, 0.25) is 0 Å². The van der Waals surface area contributed by atoms with Gasteiger partial charge in [-0.2, -0.15) is 0 Å². The van der Waals surface area contributed by atoms with Crippen molar-refractivity contribution in [2.75, 3.05) is 19.6 Å². The van der Waals surface area contributed by atoms with Gasteiger partial charge >= 0.3 is 0 Å². The van der Waals surface area contributed by atoms with Gasteiger partial charge in [-0.3, -0.25) is 14.6 Å². The van der Waals surface area contributed by atoms with Crippen molar-refractivity contribution in [3.8, 4) is 0 Å². The number of hydrogen-bond acceptors (Lipinski definition) is 3. The molecule has 0 radical (unpaired) electrons. The summed E-state index contributed by atoms with van der Waals surface area (Å²) in [4.78, 5) is 31.3. The molecule has 5 nitrogen and oxygen atoms in total. The highest BCUT2D eigenvalue weighted by molar-refractivity contribution is 5.92. The Morgan fingerprint density at radius 3 is 2.32 bits per heavy atom. The molecule has 1 N–H and O–H groups in total. The number of nitrogens with one attached hydrogen (secondary N) is 1. The number of rotatable bonds is 5. The van der Waals surface area contributed by atoms with Crippen molar-refractivity contribution in [1.29, 1.82) is 0 Å². The summed E-state index contributed by atoms with van der Waals surface area (Å²) in [6, 6.07) is 3.80. The van der Waals surface area contributed by atoms with Crippen LogP contribution in [0.5, 0.6) is 0 Å². The fourth-order valence-corrected chi connectivity index (χ4v) is 2.87. The molecule has 0 fully saturated rings. The Hall–Kier alpha value is -2.17. The SMILES string of the molecule is CC(C)C(C)(C)C(=O)NCC1=CCN(C(=O)c2ccc(C(C)(C)C)cn2)CC1. The van der Waals surface area contributed by atoms with Gasteiger partial charge in [0.1, 0.15) is 5.69 Å². The van der Waals surface area contributed by atoms with Crippen molar-refractivity contribution in [1.82, 2.24) is 15.2 Å². The van der Waals surface area contributed by atoms with Crippen LogP contribution >= 0.6 is 0 Å². The maximum absolute atomic E-state index is 12.7.